The van der Waals surface area contributed by atoms with Gasteiger partial charge in [-0.2, -0.15) is 0 Å². The first-order valence-corrected chi connectivity index (χ1v) is 11.1. The van der Waals surface area contributed by atoms with Crippen molar-refractivity contribution in [3.63, 3.8) is 0 Å². The number of hydrogen-bond donors (Lipinski definition) is 2. The van der Waals surface area contributed by atoms with Crippen LogP contribution in [0.15, 0.2) is 12.1 Å². The van der Waals surface area contributed by atoms with Gasteiger partial charge >= 0.3 is 0 Å². The van der Waals surface area contributed by atoms with Gasteiger partial charge in [0, 0.05) is 25.6 Å². The number of fused-ring (bicyclic) bond motifs is 1. The molecule has 0 saturated heterocycles. The molecule has 1 aliphatic heterocycles. The van der Waals surface area contributed by atoms with E-state index in [0.717, 1.165) is 68.0 Å². The summed E-state index contributed by atoms with van der Waals surface area (Å²) in [7, 11) is 3.30. The van der Waals surface area contributed by atoms with Crippen LogP contribution in [0.2, 0.25) is 0 Å². The molecule has 6 nitrogen and oxygen atoms in total. The van der Waals surface area contributed by atoms with Gasteiger partial charge in [0.05, 0.1) is 20.3 Å². The van der Waals surface area contributed by atoms with Gasteiger partial charge in [-0.3, -0.25) is 4.79 Å². The molecule has 1 unspecified atom stereocenters. The van der Waals surface area contributed by atoms with E-state index in [9.17, 15) is 4.79 Å². The first kappa shape index (κ1) is 21.7. The standard InChI is InChI=1S/C22H33N3O3S/c1-4-10-23-22(29)25-11-9-16-12-19(27-2)20(28-3)13-17(16)18(25)14-24-21(26)15-7-5-6-8-15/h12-13,15,18H,4-11,14H2,1-3H3,(H,23,29)(H,24,26). The van der Waals surface area contributed by atoms with Gasteiger partial charge in [0.25, 0.3) is 0 Å². The van der Waals surface area contributed by atoms with Crippen LogP contribution in [0.3, 0.4) is 0 Å². The third-order valence-corrected chi connectivity index (χ3v) is 6.36. The quantitative estimate of drug-likeness (QED) is 0.662. The van der Waals surface area contributed by atoms with Crippen LogP contribution < -0.4 is 20.1 Å². The van der Waals surface area contributed by atoms with Crippen molar-refractivity contribution < 1.29 is 14.3 Å². The van der Waals surface area contributed by atoms with E-state index in [2.05, 4.69) is 28.5 Å². The van der Waals surface area contributed by atoms with Gasteiger partial charge in [-0.15, -0.1) is 0 Å². The highest BCUT2D eigenvalue weighted by molar-refractivity contribution is 7.80. The topological polar surface area (TPSA) is 62.8 Å². The lowest BCUT2D eigenvalue weighted by atomic mass is 9.91. The molecule has 1 aromatic rings. The lowest BCUT2D eigenvalue weighted by molar-refractivity contribution is -0.125. The predicted molar refractivity (Wildman–Crippen MR) is 119 cm³/mol. The normalized spacial score (nSPS) is 18.9. The van der Waals surface area contributed by atoms with Crippen LogP contribution in [-0.4, -0.2) is 49.8 Å². The van der Waals surface area contributed by atoms with Crippen LogP contribution in [0.4, 0.5) is 0 Å². The molecule has 7 heteroatoms. The van der Waals surface area contributed by atoms with Gasteiger partial charge in [0.1, 0.15) is 0 Å². The number of hydrogen-bond acceptors (Lipinski definition) is 4. The molecule has 1 saturated carbocycles. The fraction of sp³-hybridized carbons (Fsp3) is 0.636. The third kappa shape index (κ3) is 4.94. The number of rotatable bonds is 7. The molecule has 1 heterocycles. The maximum Gasteiger partial charge on any atom is 0.223 e. The van der Waals surface area contributed by atoms with E-state index in [4.69, 9.17) is 21.7 Å². The average Bonchev–Trinajstić information content (AvgIpc) is 3.29. The molecule has 160 valence electrons. The minimum absolute atomic E-state index is 0.0271. The Morgan fingerprint density at radius 1 is 1.17 bits per heavy atom. The van der Waals surface area contributed by atoms with Gasteiger partial charge in [-0.25, -0.2) is 0 Å². The smallest absolute Gasteiger partial charge is 0.223 e. The summed E-state index contributed by atoms with van der Waals surface area (Å²) in [6.07, 6.45) is 6.18. The second-order valence-electron chi connectivity index (χ2n) is 7.82. The Balaban J connectivity index is 1.85. The van der Waals surface area contributed by atoms with E-state index >= 15 is 0 Å². The number of amides is 1. The molecule has 1 aromatic carbocycles. The Morgan fingerprint density at radius 3 is 2.52 bits per heavy atom. The van der Waals surface area contributed by atoms with E-state index in [1.807, 2.05) is 6.07 Å². The summed E-state index contributed by atoms with van der Waals surface area (Å²) in [4.78, 5) is 14.9. The average molecular weight is 420 g/mol. The fourth-order valence-electron chi connectivity index (χ4n) is 4.35. The Labute approximate surface area is 179 Å². The molecule has 0 radical (unpaired) electrons. The van der Waals surface area contributed by atoms with E-state index in [-0.39, 0.29) is 17.9 Å². The fourth-order valence-corrected chi connectivity index (χ4v) is 4.68. The van der Waals surface area contributed by atoms with Crippen LogP contribution in [-0.2, 0) is 11.2 Å². The number of benzene rings is 1. The van der Waals surface area contributed by atoms with Crippen molar-refractivity contribution in [2.45, 2.75) is 51.5 Å². The molecule has 1 aliphatic carbocycles. The predicted octanol–water partition coefficient (Wildman–Crippen LogP) is 3.19. The minimum Gasteiger partial charge on any atom is -0.493 e. The monoisotopic (exact) mass is 419 g/mol. The number of thiocarbonyl (C=S) groups is 1. The summed E-state index contributed by atoms with van der Waals surface area (Å²) >= 11 is 5.69. The van der Waals surface area contributed by atoms with Crippen molar-refractivity contribution in [1.29, 1.82) is 0 Å². The van der Waals surface area contributed by atoms with Crippen LogP contribution >= 0.6 is 12.2 Å². The Kier molecular flexibility index (Phi) is 7.58. The second-order valence-corrected chi connectivity index (χ2v) is 8.21. The highest BCUT2D eigenvalue weighted by atomic mass is 32.1. The Morgan fingerprint density at radius 2 is 1.86 bits per heavy atom. The number of ether oxygens (including phenoxy) is 2. The summed E-state index contributed by atoms with van der Waals surface area (Å²) in [5.74, 6) is 1.76. The zero-order chi connectivity index (χ0) is 20.8. The number of methoxy groups -OCH3 is 2. The van der Waals surface area contributed by atoms with Crippen LogP contribution in [0.5, 0.6) is 11.5 Å². The van der Waals surface area contributed by atoms with Crippen LogP contribution in [0.1, 0.15) is 56.2 Å². The Bertz CT molecular complexity index is 734. The molecule has 29 heavy (non-hydrogen) atoms. The van der Waals surface area contributed by atoms with Gasteiger partial charge in [0.15, 0.2) is 16.6 Å². The van der Waals surface area contributed by atoms with Crippen molar-refractivity contribution in [3.05, 3.63) is 23.3 Å². The van der Waals surface area contributed by atoms with Crippen molar-refractivity contribution >= 4 is 23.2 Å². The van der Waals surface area contributed by atoms with E-state index in [0.29, 0.717) is 12.3 Å². The SMILES string of the molecule is CCCNC(=S)N1CCc2cc(OC)c(OC)cc2C1CNC(=O)C1CCCC1. The molecule has 2 N–H and O–H groups in total. The maximum atomic E-state index is 12.6. The number of nitrogens with one attached hydrogen (secondary N) is 2. The summed E-state index contributed by atoms with van der Waals surface area (Å²) in [5, 5.41) is 7.29. The molecular formula is C22H33N3O3S. The number of carbonyl (C=O) groups excluding carboxylic acids is 1. The van der Waals surface area contributed by atoms with Crippen molar-refractivity contribution in [3.8, 4) is 11.5 Å². The molecule has 3 rings (SSSR count). The third-order valence-electron chi connectivity index (χ3n) is 5.99. The zero-order valence-electron chi connectivity index (χ0n) is 17.8. The van der Waals surface area contributed by atoms with Gasteiger partial charge in [-0.1, -0.05) is 19.8 Å². The van der Waals surface area contributed by atoms with E-state index in [1.165, 1.54) is 5.56 Å². The summed E-state index contributed by atoms with van der Waals surface area (Å²) in [6, 6.07) is 4.07. The van der Waals surface area contributed by atoms with Gasteiger partial charge in [0.2, 0.25) is 5.91 Å². The molecule has 0 spiro atoms. The molecule has 1 fully saturated rings. The van der Waals surface area contributed by atoms with Crippen molar-refractivity contribution in [1.82, 2.24) is 15.5 Å². The van der Waals surface area contributed by atoms with Gasteiger partial charge in [-0.05, 0) is 61.2 Å². The Hall–Kier alpha value is -2.02. The second kappa shape index (κ2) is 10.1. The highest BCUT2D eigenvalue weighted by Gasteiger charge is 2.32. The summed E-state index contributed by atoms with van der Waals surface area (Å²) in [5.41, 5.74) is 2.36. The largest absolute Gasteiger partial charge is 0.493 e. The first-order valence-electron chi connectivity index (χ1n) is 10.7. The van der Waals surface area contributed by atoms with Crippen LogP contribution in [0, 0.1) is 5.92 Å². The molecule has 2 aliphatic rings. The molecule has 1 amide bonds. The molecule has 0 aromatic heterocycles. The van der Waals surface area contributed by atoms with Crippen molar-refractivity contribution in [2.75, 3.05) is 33.9 Å². The first-order chi connectivity index (χ1) is 14.1. The molecular weight excluding hydrogens is 386 g/mol. The number of nitrogens with zero attached hydrogens (tertiary/aromatic N) is 1. The minimum atomic E-state index is -0.0271. The van der Waals surface area contributed by atoms with Crippen LogP contribution in [0.25, 0.3) is 0 Å². The summed E-state index contributed by atoms with van der Waals surface area (Å²) in [6.45, 7) is 4.31. The molecule has 1 atom stereocenters. The summed E-state index contributed by atoms with van der Waals surface area (Å²) < 4.78 is 11.0. The van der Waals surface area contributed by atoms with Gasteiger partial charge < -0.3 is 25.0 Å². The van der Waals surface area contributed by atoms with E-state index in [1.54, 1.807) is 14.2 Å². The van der Waals surface area contributed by atoms with Crippen molar-refractivity contribution in [2.24, 2.45) is 5.92 Å². The zero-order valence-corrected chi connectivity index (χ0v) is 18.6. The lowest BCUT2D eigenvalue weighted by Crippen LogP contribution is -2.49. The molecule has 0 bridgehead atoms. The highest BCUT2D eigenvalue weighted by Crippen LogP contribution is 2.38. The maximum absolute atomic E-state index is 12.6. The number of carbonyl (C=O) groups is 1. The lowest BCUT2D eigenvalue weighted by Gasteiger charge is -2.39. The van der Waals surface area contributed by atoms with E-state index < -0.39 is 0 Å².